The number of rotatable bonds is 7. The standard InChI is InChI=1S/C18H18O5/c1-3-22-15-7-4-13(5-8-15)11-18(20)23-16-9-6-14(12-19)10-17(16)21-2/h4-10,12H,3,11H2,1-2H3. The molecule has 0 saturated carbocycles. The molecule has 0 fully saturated rings. The first-order valence-electron chi connectivity index (χ1n) is 7.22. The van der Waals surface area contributed by atoms with E-state index in [1.54, 1.807) is 12.1 Å². The zero-order valence-corrected chi connectivity index (χ0v) is 13.1. The molecule has 0 aliphatic carbocycles. The van der Waals surface area contributed by atoms with Gasteiger partial charge in [0.1, 0.15) is 12.0 Å². The molecule has 120 valence electrons. The molecule has 0 aliphatic heterocycles. The fraction of sp³-hybridized carbons (Fsp3) is 0.222. The fourth-order valence-electron chi connectivity index (χ4n) is 2.04. The first-order chi connectivity index (χ1) is 11.2. The van der Waals surface area contributed by atoms with Crippen LogP contribution in [0.3, 0.4) is 0 Å². The Kier molecular flexibility index (Phi) is 5.74. The summed E-state index contributed by atoms with van der Waals surface area (Å²) in [5, 5.41) is 0. The Morgan fingerprint density at radius 2 is 1.83 bits per heavy atom. The van der Waals surface area contributed by atoms with E-state index >= 15 is 0 Å². The maximum absolute atomic E-state index is 12.0. The Morgan fingerprint density at radius 1 is 1.09 bits per heavy atom. The number of hydrogen-bond acceptors (Lipinski definition) is 5. The van der Waals surface area contributed by atoms with Crippen molar-refractivity contribution in [2.24, 2.45) is 0 Å². The first kappa shape index (κ1) is 16.5. The minimum absolute atomic E-state index is 0.130. The molecule has 0 radical (unpaired) electrons. The van der Waals surface area contributed by atoms with E-state index in [-0.39, 0.29) is 12.2 Å². The number of benzene rings is 2. The molecule has 0 N–H and O–H groups in total. The highest BCUT2D eigenvalue weighted by molar-refractivity contribution is 5.79. The van der Waals surface area contributed by atoms with Crippen LogP contribution in [0.1, 0.15) is 22.8 Å². The second kappa shape index (κ2) is 7.98. The van der Waals surface area contributed by atoms with E-state index in [9.17, 15) is 9.59 Å². The summed E-state index contributed by atoms with van der Waals surface area (Å²) >= 11 is 0. The van der Waals surface area contributed by atoms with Crippen molar-refractivity contribution >= 4 is 12.3 Å². The van der Waals surface area contributed by atoms with Gasteiger partial charge in [-0.15, -0.1) is 0 Å². The molecule has 0 saturated heterocycles. The molecule has 2 aromatic carbocycles. The summed E-state index contributed by atoms with van der Waals surface area (Å²) in [6, 6.07) is 11.9. The molecule has 0 amide bonds. The van der Waals surface area contributed by atoms with E-state index in [4.69, 9.17) is 14.2 Å². The van der Waals surface area contributed by atoms with Crippen LogP contribution in [-0.2, 0) is 11.2 Å². The molecule has 0 aliphatic rings. The largest absolute Gasteiger partial charge is 0.494 e. The highest BCUT2D eigenvalue weighted by Crippen LogP contribution is 2.28. The van der Waals surface area contributed by atoms with Crippen LogP contribution in [0.15, 0.2) is 42.5 Å². The molecular formula is C18H18O5. The van der Waals surface area contributed by atoms with Crippen LogP contribution in [0.5, 0.6) is 17.2 Å². The molecule has 0 spiro atoms. The third-order valence-electron chi connectivity index (χ3n) is 3.13. The summed E-state index contributed by atoms with van der Waals surface area (Å²) < 4.78 is 15.8. The fourth-order valence-corrected chi connectivity index (χ4v) is 2.04. The summed E-state index contributed by atoms with van der Waals surface area (Å²) in [7, 11) is 1.45. The van der Waals surface area contributed by atoms with Gasteiger partial charge in [-0.1, -0.05) is 12.1 Å². The van der Waals surface area contributed by atoms with Gasteiger partial charge in [0.2, 0.25) is 0 Å². The number of esters is 1. The first-order valence-corrected chi connectivity index (χ1v) is 7.22. The molecule has 5 nitrogen and oxygen atoms in total. The maximum atomic E-state index is 12.0. The van der Waals surface area contributed by atoms with Crippen LogP contribution in [0, 0.1) is 0 Å². The third kappa shape index (κ3) is 4.57. The zero-order chi connectivity index (χ0) is 16.7. The van der Waals surface area contributed by atoms with Gasteiger partial charge >= 0.3 is 5.97 Å². The number of carbonyl (C=O) groups is 2. The van der Waals surface area contributed by atoms with Crippen LogP contribution in [0.2, 0.25) is 0 Å². The van der Waals surface area contributed by atoms with E-state index in [1.807, 2.05) is 31.2 Å². The lowest BCUT2D eigenvalue weighted by Crippen LogP contribution is -2.12. The topological polar surface area (TPSA) is 61.8 Å². The lowest BCUT2D eigenvalue weighted by atomic mass is 10.1. The third-order valence-corrected chi connectivity index (χ3v) is 3.13. The van der Waals surface area contributed by atoms with Gasteiger partial charge in [-0.2, -0.15) is 0 Å². The van der Waals surface area contributed by atoms with Crippen molar-refractivity contribution in [3.05, 3.63) is 53.6 Å². The predicted octanol–water partition coefficient (Wildman–Crippen LogP) is 3.05. The van der Waals surface area contributed by atoms with Crippen molar-refractivity contribution in [2.45, 2.75) is 13.3 Å². The Hall–Kier alpha value is -2.82. The number of hydrogen-bond donors (Lipinski definition) is 0. The Morgan fingerprint density at radius 3 is 2.43 bits per heavy atom. The van der Waals surface area contributed by atoms with E-state index in [1.165, 1.54) is 13.2 Å². The zero-order valence-electron chi connectivity index (χ0n) is 13.1. The van der Waals surface area contributed by atoms with Gasteiger partial charge in [0.05, 0.1) is 20.1 Å². The smallest absolute Gasteiger partial charge is 0.315 e. The van der Waals surface area contributed by atoms with Gasteiger partial charge in [0.15, 0.2) is 11.5 Å². The monoisotopic (exact) mass is 314 g/mol. The van der Waals surface area contributed by atoms with E-state index in [0.717, 1.165) is 11.3 Å². The predicted molar refractivity (Wildman–Crippen MR) is 85.3 cm³/mol. The summed E-state index contributed by atoms with van der Waals surface area (Å²) in [4.78, 5) is 22.8. The van der Waals surface area contributed by atoms with Crippen molar-refractivity contribution in [2.75, 3.05) is 13.7 Å². The molecule has 0 unspecified atom stereocenters. The molecule has 0 bridgehead atoms. The number of methoxy groups -OCH3 is 1. The minimum Gasteiger partial charge on any atom is -0.494 e. The van der Waals surface area contributed by atoms with Crippen LogP contribution < -0.4 is 14.2 Å². The highest BCUT2D eigenvalue weighted by atomic mass is 16.6. The highest BCUT2D eigenvalue weighted by Gasteiger charge is 2.11. The lowest BCUT2D eigenvalue weighted by molar-refractivity contribution is -0.133. The van der Waals surface area contributed by atoms with Crippen LogP contribution in [0.4, 0.5) is 0 Å². The number of ether oxygens (including phenoxy) is 3. The van der Waals surface area contributed by atoms with Crippen molar-refractivity contribution in [1.82, 2.24) is 0 Å². The quantitative estimate of drug-likeness (QED) is 0.446. The van der Waals surface area contributed by atoms with Gasteiger partial charge in [-0.3, -0.25) is 9.59 Å². The molecule has 0 heterocycles. The Labute approximate surface area is 134 Å². The van der Waals surface area contributed by atoms with Crippen LogP contribution in [-0.4, -0.2) is 26.0 Å². The molecule has 2 aromatic rings. The van der Waals surface area contributed by atoms with Crippen molar-refractivity contribution in [1.29, 1.82) is 0 Å². The molecular weight excluding hydrogens is 296 g/mol. The SMILES string of the molecule is CCOc1ccc(CC(=O)Oc2ccc(C=O)cc2OC)cc1. The van der Waals surface area contributed by atoms with Gasteiger partial charge < -0.3 is 14.2 Å². The van der Waals surface area contributed by atoms with Crippen LogP contribution in [0.25, 0.3) is 0 Å². The van der Waals surface area contributed by atoms with E-state index in [0.29, 0.717) is 24.2 Å². The van der Waals surface area contributed by atoms with Crippen molar-refractivity contribution in [3.8, 4) is 17.2 Å². The average Bonchev–Trinajstić information content (AvgIpc) is 2.57. The van der Waals surface area contributed by atoms with Crippen molar-refractivity contribution in [3.63, 3.8) is 0 Å². The summed E-state index contributed by atoms with van der Waals surface area (Å²) in [5.41, 5.74) is 1.27. The summed E-state index contributed by atoms with van der Waals surface area (Å²) in [5.74, 6) is 0.978. The van der Waals surface area contributed by atoms with E-state index in [2.05, 4.69) is 0 Å². The molecule has 2 rings (SSSR count). The van der Waals surface area contributed by atoms with Crippen molar-refractivity contribution < 1.29 is 23.8 Å². The number of aldehydes is 1. The number of carbonyl (C=O) groups excluding carboxylic acids is 2. The second-order valence-electron chi connectivity index (χ2n) is 4.76. The molecule has 5 heteroatoms. The molecule has 23 heavy (non-hydrogen) atoms. The lowest BCUT2D eigenvalue weighted by Gasteiger charge is -2.10. The Balaban J connectivity index is 2.03. The van der Waals surface area contributed by atoms with Crippen LogP contribution >= 0.6 is 0 Å². The van der Waals surface area contributed by atoms with Gasteiger partial charge in [-0.25, -0.2) is 0 Å². The van der Waals surface area contributed by atoms with Gasteiger partial charge in [0, 0.05) is 5.56 Å². The molecule has 0 aromatic heterocycles. The summed E-state index contributed by atoms with van der Waals surface area (Å²) in [6.07, 6.45) is 0.832. The summed E-state index contributed by atoms with van der Waals surface area (Å²) in [6.45, 7) is 2.51. The van der Waals surface area contributed by atoms with Gasteiger partial charge in [0.25, 0.3) is 0 Å². The normalized spacial score (nSPS) is 10.0. The minimum atomic E-state index is -0.411. The van der Waals surface area contributed by atoms with Gasteiger partial charge in [-0.05, 0) is 42.8 Å². The Bertz CT molecular complexity index is 676. The average molecular weight is 314 g/mol. The molecule has 0 atom stereocenters. The second-order valence-corrected chi connectivity index (χ2v) is 4.76. The maximum Gasteiger partial charge on any atom is 0.315 e. The van der Waals surface area contributed by atoms with E-state index < -0.39 is 5.97 Å².